The summed E-state index contributed by atoms with van der Waals surface area (Å²) in [5.74, 6) is -1.70. The molecule has 0 atom stereocenters. The molecule has 21 heavy (non-hydrogen) atoms. The van der Waals surface area contributed by atoms with Gasteiger partial charge in [0, 0.05) is 18.1 Å². The van der Waals surface area contributed by atoms with Crippen LogP contribution in [-0.4, -0.2) is 32.3 Å². The Kier molecular flexibility index (Phi) is 4.85. The number of primary sulfonamides is 1. The number of halogens is 2. The first-order valence-electron chi connectivity index (χ1n) is 6.62. The summed E-state index contributed by atoms with van der Waals surface area (Å²) in [4.78, 5) is 13.2. The van der Waals surface area contributed by atoms with E-state index >= 15 is 0 Å². The molecule has 1 aliphatic rings. The molecular formula is C13H16ClFN2O3S. The Labute approximate surface area is 127 Å². The van der Waals surface area contributed by atoms with Gasteiger partial charge in [-0.05, 0) is 25.0 Å². The molecule has 0 radical (unpaired) electrons. The van der Waals surface area contributed by atoms with Gasteiger partial charge in [0.05, 0.1) is 5.56 Å². The zero-order valence-electron chi connectivity index (χ0n) is 11.3. The van der Waals surface area contributed by atoms with Gasteiger partial charge >= 0.3 is 0 Å². The van der Waals surface area contributed by atoms with Crippen molar-refractivity contribution in [3.63, 3.8) is 0 Å². The van der Waals surface area contributed by atoms with Gasteiger partial charge in [-0.15, -0.1) is 0 Å². The van der Waals surface area contributed by atoms with Gasteiger partial charge in [0.1, 0.15) is 4.90 Å². The molecule has 8 heteroatoms. The van der Waals surface area contributed by atoms with Gasteiger partial charge in [0.2, 0.25) is 10.0 Å². The summed E-state index contributed by atoms with van der Waals surface area (Å²) in [5.41, 5.74) is -0.353. The molecule has 0 aromatic heterocycles. The molecule has 1 saturated heterocycles. The lowest BCUT2D eigenvalue weighted by Gasteiger charge is -2.21. The second-order valence-corrected chi connectivity index (χ2v) is 6.98. The Bertz CT molecular complexity index is 656. The molecule has 116 valence electrons. The van der Waals surface area contributed by atoms with E-state index in [1.54, 1.807) is 0 Å². The molecule has 2 rings (SSSR count). The number of benzene rings is 1. The molecule has 0 spiro atoms. The van der Waals surface area contributed by atoms with E-state index in [1.807, 2.05) is 0 Å². The number of nitrogens with two attached hydrogens (primary N) is 1. The van der Waals surface area contributed by atoms with Gasteiger partial charge in [-0.1, -0.05) is 24.4 Å². The molecule has 0 aliphatic carbocycles. The fourth-order valence-electron chi connectivity index (χ4n) is 2.37. The van der Waals surface area contributed by atoms with E-state index in [9.17, 15) is 17.6 Å². The summed E-state index contributed by atoms with van der Waals surface area (Å²) in [6.45, 7) is 1.05. The Morgan fingerprint density at radius 2 is 1.76 bits per heavy atom. The standard InChI is InChI=1S/C13H16ClFN2O3S/c14-9-7-10(12(15)11(8-9)21(16,19)20)13(18)17-5-3-1-2-4-6-17/h7-8H,1-6H2,(H2,16,19,20). The average Bonchev–Trinajstić information content (AvgIpc) is 2.68. The van der Waals surface area contributed by atoms with E-state index in [4.69, 9.17) is 16.7 Å². The first-order chi connectivity index (χ1) is 9.80. The van der Waals surface area contributed by atoms with Crippen molar-refractivity contribution >= 4 is 27.5 Å². The minimum absolute atomic E-state index is 0.0430. The summed E-state index contributed by atoms with van der Waals surface area (Å²) in [7, 11) is -4.28. The third-order valence-electron chi connectivity index (χ3n) is 3.43. The molecular weight excluding hydrogens is 319 g/mol. The lowest BCUT2D eigenvalue weighted by Crippen LogP contribution is -2.33. The average molecular weight is 335 g/mol. The second-order valence-electron chi connectivity index (χ2n) is 5.02. The third kappa shape index (κ3) is 3.72. The zero-order chi connectivity index (χ0) is 15.6. The third-order valence-corrected chi connectivity index (χ3v) is 4.56. The van der Waals surface area contributed by atoms with Crippen LogP contribution in [0.3, 0.4) is 0 Å². The Morgan fingerprint density at radius 3 is 2.29 bits per heavy atom. The highest BCUT2D eigenvalue weighted by Gasteiger charge is 2.26. The Hall–Kier alpha value is -1.18. The van der Waals surface area contributed by atoms with Crippen molar-refractivity contribution in [3.8, 4) is 0 Å². The van der Waals surface area contributed by atoms with Crippen molar-refractivity contribution in [2.24, 2.45) is 5.14 Å². The van der Waals surface area contributed by atoms with Gasteiger partial charge in [-0.3, -0.25) is 4.79 Å². The summed E-state index contributed by atoms with van der Waals surface area (Å²) in [5, 5.41) is 4.90. The maximum atomic E-state index is 14.3. The number of carbonyl (C=O) groups is 1. The fraction of sp³-hybridized carbons (Fsp3) is 0.462. The Balaban J connectivity index is 2.43. The van der Waals surface area contributed by atoms with Crippen LogP contribution in [0.4, 0.5) is 4.39 Å². The van der Waals surface area contributed by atoms with E-state index in [-0.39, 0.29) is 10.6 Å². The van der Waals surface area contributed by atoms with Crippen molar-refractivity contribution in [2.75, 3.05) is 13.1 Å². The number of hydrogen-bond acceptors (Lipinski definition) is 3. The number of carbonyl (C=O) groups excluding carboxylic acids is 1. The highest BCUT2D eigenvalue weighted by Crippen LogP contribution is 2.25. The first-order valence-corrected chi connectivity index (χ1v) is 8.54. The topological polar surface area (TPSA) is 80.5 Å². The van der Waals surface area contributed by atoms with Crippen molar-refractivity contribution in [3.05, 3.63) is 28.5 Å². The number of nitrogens with zero attached hydrogens (tertiary/aromatic N) is 1. The second kappa shape index (κ2) is 6.29. The van der Waals surface area contributed by atoms with Crippen molar-refractivity contribution in [1.29, 1.82) is 0 Å². The molecule has 1 fully saturated rings. The van der Waals surface area contributed by atoms with Crippen LogP contribution in [0.15, 0.2) is 17.0 Å². The predicted octanol–water partition coefficient (Wildman–Crippen LogP) is 2.14. The van der Waals surface area contributed by atoms with Gasteiger partial charge < -0.3 is 4.90 Å². The van der Waals surface area contributed by atoms with E-state index in [1.165, 1.54) is 4.90 Å². The number of likely N-dealkylation sites (tertiary alicyclic amines) is 1. The fourth-order valence-corrected chi connectivity index (χ4v) is 3.30. The molecule has 1 aromatic rings. The highest BCUT2D eigenvalue weighted by molar-refractivity contribution is 7.89. The molecule has 1 aromatic carbocycles. The lowest BCUT2D eigenvalue weighted by molar-refractivity contribution is 0.0756. The van der Waals surface area contributed by atoms with Crippen LogP contribution in [0.25, 0.3) is 0 Å². The van der Waals surface area contributed by atoms with E-state index in [0.29, 0.717) is 13.1 Å². The van der Waals surface area contributed by atoms with Crippen LogP contribution in [0.5, 0.6) is 0 Å². The van der Waals surface area contributed by atoms with Crippen molar-refractivity contribution < 1.29 is 17.6 Å². The molecule has 1 amide bonds. The molecule has 1 heterocycles. The summed E-state index contributed by atoms with van der Waals surface area (Å²) >= 11 is 5.79. The minimum atomic E-state index is -4.28. The van der Waals surface area contributed by atoms with Gasteiger partial charge in [0.25, 0.3) is 5.91 Å². The van der Waals surface area contributed by atoms with Crippen LogP contribution >= 0.6 is 11.6 Å². The zero-order valence-corrected chi connectivity index (χ0v) is 12.9. The molecule has 1 aliphatic heterocycles. The maximum Gasteiger partial charge on any atom is 0.256 e. The first kappa shape index (κ1) is 16.2. The molecule has 0 bridgehead atoms. The van der Waals surface area contributed by atoms with Gasteiger partial charge in [-0.2, -0.15) is 0 Å². The van der Waals surface area contributed by atoms with Crippen LogP contribution in [0.2, 0.25) is 5.02 Å². The lowest BCUT2D eigenvalue weighted by atomic mass is 10.1. The largest absolute Gasteiger partial charge is 0.339 e. The van der Waals surface area contributed by atoms with E-state index < -0.39 is 26.6 Å². The van der Waals surface area contributed by atoms with Gasteiger partial charge in [-0.25, -0.2) is 17.9 Å². The molecule has 5 nitrogen and oxygen atoms in total. The van der Waals surface area contributed by atoms with E-state index in [2.05, 4.69) is 0 Å². The molecule has 2 N–H and O–H groups in total. The summed E-state index contributed by atoms with van der Waals surface area (Å²) in [6.07, 6.45) is 3.72. The van der Waals surface area contributed by atoms with Crippen LogP contribution in [0, 0.1) is 5.82 Å². The van der Waals surface area contributed by atoms with Crippen molar-refractivity contribution in [2.45, 2.75) is 30.6 Å². The Morgan fingerprint density at radius 1 is 1.19 bits per heavy atom. The van der Waals surface area contributed by atoms with Crippen LogP contribution in [-0.2, 0) is 10.0 Å². The number of hydrogen-bond donors (Lipinski definition) is 1. The van der Waals surface area contributed by atoms with Crippen LogP contribution in [0.1, 0.15) is 36.0 Å². The quantitative estimate of drug-likeness (QED) is 0.899. The number of sulfonamides is 1. The highest BCUT2D eigenvalue weighted by atomic mass is 35.5. The molecule has 0 unspecified atom stereocenters. The smallest absolute Gasteiger partial charge is 0.256 e. The van der Waals surface area contributed by atoms with Gasteiger partial charge in [0.15, 0.2) is 5.82 Å². The monoisotopic (exact) mass is 334 g/mol. The SMILES string of the molecule is NS(=O)(=O)c1cc(Cl)cc(C(=O)N2CCCCCC2)c1F. The molecule has 0 saturated carbocycles. The predicted molar refractivity (Wildman–Crippen MR) is 77.2 cm³/mol. The van der Waals surface area contributed by atoms with E-state index in [0.717, 1.165) is 37.8 Å². The maximum absolute atomic E-state index is 14.3. The minimum Gasteiger partial charge on any atom is -0.339 e. The van der Waals surface area contributed by atoms with Crippen LogP contribution < -0.4 is 5.14 Å². The summed E-state index contributed by atoms with van der Waals surface area (Å²) in [6, 6.07) is 2.05. The van der Waals surface area contributed by atoms with Crippen molar-refractivity contribution in [1.82, 2.24) is 4.90 Å². The number of rotatable bonds is 2. The summed E-state index contributed by atoms with van der Waals surface area (Å²) < 4.78 is 37.0. The number of amides is 1. The normalized spacial score (nSPS) is 16.6.